The smallest absolute Gasteiger partial charge is 0.226 e. The molecule has 4 aromatic rings. The maximum atomic E-state index is 13.3. The molecular formula is C25H29N7O2S. The summed E-state index contributed by atoms with van der Waals surface area (Å²) in [5.74, 6) is 1.09. The SMILES string of the molecule is C[C@H]1COCCN1C(=O)[C@H]1CCc2c(sc3ncnc(Nc4cc5cn[nH]c5cc4N(C)C)c23)C1. The number of carbonyl (C=O) groups excluding carboxylic acids is 1. The number of nitrogens with one attached hydrogen (secondary N) is 2. The van der Waals surface area contributed by atoms with Crippen LogP contribution in [0.25, 0.3) is 21.1 Å². The van der Waals surface area contributed by atoms with E-state index in [1.54, 1.807) is 17.7 Å². The Bertz CT molecular complexity index is 1410. The van der Waals surface area contributed by atoms with Crippen LogP contribution in [0.3, 0.4) is 0 Å². The van der Waals surface area contributed by atoms with E-state index >= 15 is 0 Å². The lowest BCUT2D eigenvalue weighted by Gasteiger charge is -2.36. The number of nitrogens with zero attached hydrogens (tertiary/aromatic N) is 5. The molecule has 35 heavy (non-hydrogen) atoms. The monoisotopic (exact) mass is 491 g/mol. The summed E-state index contributed by atoms with van der Waals surface area (Å²) >= 11 is 1.70. The van der Waals surface area contributed by atoms with Crippen LogP contribution in [-0.2, 0) is 22.4 Å². The number of hydrogen-bond acceptors (Lipinski definition) is 8. The highest BCUT2D eigenvalue weighted by molar-refractivity contribution is 7.19. The van der Waals surface area contributed by atoms with Crippen LogP contribution >= 0.6 is 11.3 Å². The van der Waals surface area contributed by atoms with Gasteiger partial charge in [-0.25, -0.2) is 9.97 Å². The average Bonchev–Trinajstić information content (AvgIpc) is 3.47. The Balaban J connectivity index is 1.33. The van der Waals surface area contributed by atoms with Crippen molar-refractivity contribution in [2.45, 2.75) is 32.2 Å². The second-order valence-corrected chi connectivity index (χ2v) is 10.7. The minimum atomic E-state index is 0.0179. The Hall–Kier alpha value is -3.24. The van der Waals surface area contributed by atoms with Crippen LogP contribution in [0.5, 0.6) is 0 Å². The summed E-state index contributed by atoms with van der Waals surface area (Å²) in [7, 11) is 4.05. The number of aromatic amines is 1. The minimum absolute atomic E-state index is 0.0179. The van der Waals surface area contributed by atoms with E-state index in [-0.39, 0.29) is 17.9 Å². The first-order valence-electron chi connectivity index (χ1n) is 12.0. The number of hydrogen-bond donors (Lipinski definition) is 2. The molecule has 1 amide bonds. The van der Waals surface area contributed by atoms with Gasteiger partial charge in [0.25, 0.3) is 0 Å². The normalized spacial score (nSPS) is 20.3. The van der Waals surface area contributed by atoms with E-state index in [0.717, 1.165) is 57.6 Å². The number of thiophene rings is 1. The van der Waals surface area contributed by atoms with Crippen LogP contribution in [0, 0.1) is 5.92 Å². The molecule has 9 nitrogen and oxygen atoms in total. The van der Waals surface area contributed by atoms with Gasteiger partial charge in [-0.1, -0.05) is 0 Å². The van der Waals surface area contributed by atoms with Gasteiger partial charge in [-0.3, -0.25) is 9.89 Å². The van der Waals surface area contributed by atoms with Crippen molar-refractivity contribution in [3.63, 3.8) is 0 Å². The lowest BCUT2D eigenvalue weighted by Crippen LogP contribution is -2.50. The maximum absolute atomic E-state index is 13.3. The number of morpholine rings is 1. The van der Waals surface area contributed by atoms with Crippen molar-refractivity contribution in [3.05, 3.63) is 35.1 Å². The van der Waals surface area contributed by atoms with Gasteiger partial charge in [0.05, 0.1) is 47.7 Å². The van der Waals surface area contributed by atoms with Crippen molar-refractivity contribution in [3.8, 4) is 0 Å². The van der Waals surface area contributed by atoms with E-state index in [4.69, 9.17) is 4.74 Å². The topological polar surface area (TPSA) is 99.3 Å². The van der Waals surface area contributed by atoms with Gasteiger partial charge in [-0.05, 0) is 43.9 Å². The Morgan fingerprint density at radius 2 is 2.20 bits per heavy atom. The van der Waals surface area contributed by atoms with E-state index in [1.165, 1.54) is 10.4 Å². The molecule has 1 fully saturated rings. The molecule has 0 spiro atoms. The van der Waals surface area contributed by atoms with Gasteiger partial charge in [0.1, 0.15) is 17.0 Å². The molecule has 1 aromatic carbocycles. The summed E-state index contributed by atoms with van der Waals surface area (Å²) in [5, 5.41) is 12.9. The van der Waals surface area contributed by atoms with Crippen molar-refractivity contribution in [2.75, 3.05) is 44.1 Å². The van der Waals surface area contributed by atoms with Gasteiger partial charge >= 0.3 is 0 Å². The van der Waals surface area contributed by atoms with Crippen molar-refractivity contribution in [2.24, 2.45) is 5.92 Å². The fraction of sp³-hybridized carbons (Fsp3) is 0.440. The van der Waals surface area contributed by atoms with Crippen molar-refractivity contribution in [1.29, 1.82) is 0 Å². The molecule has 1 aliphatic heterocycles. The molecule has 182 valence electrons. The lowest BCUT2D eigenvalue weighted by atomic mass is 9.86. The fourth-order valence-electron chi connectivity index (χ4n) is 5.28. The molecule has 1 aliphatic carbocycles. The molecule has 3 aromatic heterocycles. The zero-order chi connectivity index (χ0) is 24.1. The Morgan fingerprint density at radius 1 is 1.31 bits per heavy atom. The number of aryl methyl sites for hydroxylation is 1. The zero-order valence-corrected chi connectivity index (χ0v) is 21.0. The van der Waals surface area contributed by atoms with Crippen LogP contribution in [0.2, 0.25) is 0 Å². The number of ether oxygens (including phenoxy) is 1. The van der Waals surface area contributed by atoms with Crippen molar-refractivity contribution < 1.29 is 9.53 Å². The summed E-state index contributed by atoms with van der Waals surface area (Å²) < 4.78 is 5.53. The number of aromatic nitrogens is 4. The third kappa shape index (κ3) is 3.90. The number of fused-ring (bicyclic) bond motifs is 4. The van der Waals surface area contributed by atoms with Crippen LogP contribution in [-0.4, -0.2) is 70.9 Å². The quantitative estimate of drug-likeness (QED) is 0.449. The molecule has 2 atom stereocenters. The first-order chi connectivity index (χ1) is 17.0. The van der Waals surface area contributed by atoms with Gasteiger partial charge < -0.3 is 19.9 Å². The lowest BCUT2D eigenvalue weighted by molar-refractivity contribution is -0.143. The van der Waals surface area contributed by atoms with E-state index in [0.29, 0.717) is 19.8 Å². The van der Waals surface area contributed by atoms with Gasteiger partial charge in [0, 0.05) is 36.8 Å². The predicted molar refractivity (Wildman–Crippen MR) is 139 cm³/mol. The first-order valence-corrected chi connectivity index (χ1v) is 12.9. The minimum Gasteiger partial charge on any atom is -0.377 e. The first kappa shape index (κ1) is 22.2. The molecule has 0 radical (unpaired) electrons. The molecule has 6 rings (SSSR count). The van der Waals surface area contributed by atoms with Gasteiger partial charge in [-0.15, -0.1) is 11.3 Å². The van der Waals surface area contributed by atoms with Crippen molar-refractivity contribution >= 4 is 55.6 Å². The fourth-order valence-corrected chi connectivity index (χ4v) is 6.55. The Labute approximate surface area is 207 Å². The third-order valence-corrected chi connectivity index (χ3v) is 8.30. The highest BCUT2D eigenvalue weighted by Gasteiger charge is 2.34. The number of H-pyrrole nitrogens is 1. The largest absolute Gasteiger partial charge is 0.377 e. The van der Waals surface area contributed by atoms with Crippen LogP contribution in [0.4, 0.5) is 17.2 Å². The van der Waals surface area contributed by atoms with E-state index in [9.17, 15) is 4.79 Å². The Morgan fingerprint density at radius 3 is 3.03 bits per heavy atom. The second kappa shape index (κ2) is 8.76. The average molecular weight is 492 g/mol. The summed E-state index contributed by atoms with van der Waals surface area (Å²) in [6.45, 7) is 4.00. The Kier molecular flexibility index (Phi) is 5.57. The maximum Gasteiger partial charge on any atom is 0.226 e. The molecule has 1 saturated heterocycles. The van der Waals surface area contributed by atoms with E-state index in [2.05, 4.69) is 49.4 Å². The van der Waals surface area contributed by atoms with Crippen molar-refractivity contribution in [1.82, 2.24) is 25.1 Å². The van der Waals surface area contributed by atoms with E-state index < -0.39 is 0 Å². The molecule has 0 saturated carbocycles. The number of carbonyl (C=O) groups is 1. The molecule has 10 heteroatoms. The second-order valence-electron chi connectivity index (χ2n) is 9.65. The molecule has 0 unspecified atom stereocenters. The highest BCUT2D eigenvalue weighted by atomic mass is 32.1. The highest BCUT2D eigenvalue weighted by Crippen LogP contribution is 2.42. The van der Waals surface area contributed by atoms with Crippen LogP contribution < -0.4 is 10.2 Å². The number of rotatable bonds is 4. The molecule has 4 heterocycles. The van der Waals surface area contributed by atoms with Gasteiger partial charge in [-0.2, -0.15) is 5.10 Å². The van der Waals surface area contributed by atoms with Crippen LogP contribution in [0.15, 0.2) is 24.7 Å². The van der Waals surface area contributed by atoms with Gasteiger partial charge in [0.2, 0.25) is 5.91 Å². The van der Waals surface area contributed by atoms with Gasteiger partial charge in [0.15, 0.2) is 0 Å². The molecule has 0 bridgehead atoms. The predicted octanol–water partition coefficient (Wildman–Crippen LogP) is 3.73. The molecular weight excluding hydrogens is 462 g/mol. The summed E-state index contributed by atoms with van der Waals surface area (Å²) in [4.78, 5) is 28.8. The standard InChI is InChI=1S/C25H29N7O2S/c1-14-12-34-7-6-32(14)25(33)15-4-5-17-21(9-15)35-24-22(17)23(26-13-27-24)29-19-8-16-11-28-30-18(16)10-20(19)31(2)3/h8,10-11,13-15H,4-7,9,12H2,1-3H3,(H,28,30)(H,26,27,29)/t14-,15-/m0/s1. The summed E-state index contributed by atoms with van der Waals surface area (Å²) in [5.41, 5.74) is 4.28. The summed E-state index contributed by atoms with van der Waals surface area (Å²) in [6, 6.07) is 4.33. The number of benzene rings is 1. The zero-order valence-electron chi connectivity index (χ0n) is 20.2. The summed E-state index contributed by atoms with van der Waals surface area (Å²) in [6.07, 6.45) is 5.92. The third-order valence-electron chi connectivity index (χ3n) is 7.14. The van der Waals surface area contributed by atoms with Crippen LogP contribution in [0.1, 0.15) is 23.8 Å². The molecule has 2 N–H and O–H groups in total. The number of amides is 1. The number of anilines is 3. The van der Waals surface area contributed by atoms with E-state index in [1.807, 2.05) is 25.2 Å². The molecule has 2 aliphatic rings.